The summed E-state index contributed by atoms with van der Waals surface area (Å²) in [6.45, 7) is 11.2. The molecule has 3 nitrogen and oxygen atoms in total. The lowest BCUT2D eigenvalue weighted by Gasteiger charge is -2.22. The van der Waals surface area contributed by atoms with Crippen LogP contribution in [0.5, 0.6) is 0 Å². The number of thioether (sulfide) groups is 1. The van der Waals surface area contributed by atoms with Gasteiger partial charge in [0.05, 0.1) is 5.69 Å². The molecule has 1 aromatic heterocycles. The smallest absolute Gasteiger partial charge is 0.0640 e. The molecule has 2 atom stereocenters. The van der Waals surface area contributed by atoms with Gasteiger partial charge in [0.2, 0.25) is 0 Å². The third-order valence-corrected chi connectivity index (χ3v) is 4.72. The number of likely N-dealkylation sites (N-methyl/N-ethyl adjacent to an activating group) is 1. The minimum atomic E-state index is 0.325. The number of hydrogen-bond acceptors (Lipinski definition) is 3. The highest BCUT2D eigenvalue weighted by molar-refractivity contribution is 8.00. The normalized spacial score (nSPS) is 15.5. The lowest BCUT2D eigenvalue weighted by atomic mass is 10.2. The molecule has 0 amide bonds. The number of rotatable bonds is 7. The zero-order valence-electron chi connectivity index (χ0n) is 13.2. The van der Waals surface area contributed by atoms with Gasteiger partial charge in [-0.15, -0.1) is 0 Å². The van der Waals surface area contributed by atoms with E-state index in [0.717, 1.165) is 18.6 Å². The molecule has 110 valence electrons. The molecular formula is C15H29N3S. The van der Waals surface area contributed by atoms with E-state index in [1.807, 2.05) is 18.8 Å². The maximum Gasteiger partial charge on any atom is 0.0640 e. The molecule has 1 rings (SSSR count). The van der Waals surface area contributed by atoms with E-state index in [0.29, 0.717) is 16.8 Å². The maximum absolute atomic E-state index is 4.68. The molecule has 0 radical (unpaired) electrons. The van der Waals surface area contributed by atoms with Gasteiger partial charge >= 0.3 is 0 Å². The summed E-state index contributed by atoms with van der Waals surface area (Å²) in [4.78, 5) is 0. The molecule has 0 saturated heterocycles. The standard InChI is InChI=1S/C15H29N3S/c1-7-12(2)18-9-8-13(17-18)10-14(16-6)11-19-15(3,4)5/h8-9,12,14,16H,7,10-11H2,1-6H3. The van der Waals surface area contributed by atoms with Gasteiger partial charge in [0, 0.05) is 35.2 Å². The highest BCUT2D eigenvalue weighted by Gasteiger charge is 2.16. The SMILES string of the molecule is CCC(C)n1ccc(CC(CSC(C)(C)C)NC)n1. The van der Waals surface area contributed by atoms with Gasteiger partial charge in [0.15, 0.2) is 0 Å². The Bertz CT molecular complexity index is 368. The number of hydrogen-bond donors (Lipinski definition) is 1. The van der Waals surface area contributed by atoms with E-state index in [-0.39, 0.29) is 0 Å². The van der Waals surface area contributed by atoms with Crippen LogP contribution in [0.4, 0.5) is 0 Å². The predicted octanol–water partition coefficient (Wildman–Crippen LogP) is 3.52. The van der Waals surface area contributed by atoms with Crippen LogP contribution in [-0.2, 0) is 6.42 Å². The van der Waals surface area contributed by atoms with Crippen LogP contribution in [-0.4, -0.2) is 33.4 Å². The fourth-order valence-corrected chi connectivity index (χ4v) is 2.75. The van der Waals surface area contributed by atoms with E-state index in [9.17, 15) is 0 Å². The van der Waals surface area contributed by atoms with Gasteiger partial charge in [-0.1, -0.05) is 27.7 Å². The summed E-state index contributed by atoms with van der Waals surface area (Å²) >= 11 is 2.01. The Morgan fingerprint density at radius 1 is 1.42 bits per heavy atom. The van der Waals surface area contributed by atoms with Crippen molar-refractivity contribution in [3.05, 3.63) is 18.0 Å². The molecule has 0 fully saturated rings. The molecule has 0 aliphatic carbocycles. The lowest BCUT2D eigenvalue weighted by Crippen LogP contribution is -2.32. The van der Waals surface area contributed by atoms with Crippen molar-refractivity contribution < 1.29 is 0 Å². The summed E-state index contributed by atoms with van der Waals surface area (Å²) in [6, 6.07) is 3.13. The lowest BCUT2D eigenvalue weighted by molar-refractivity contribution is 0.470. The Hall–Kier alpha value is -0.480. The summed E-state index contributed by atoms with van der Waals surface area (Å²) in [5, 5.41) is 8.09. The van der Waals surface area contributed by atoms with Crippen molar-refractivity contribution >= 4 is 11.8 Å². The largest absolute Gasteiger partial charge is 0.316 e. The second-order valence-corrected chi connectivity index (χ2v) is 8.00. The van der Waals surface area contributed by atoms with Crippen molar-refractivity contribution in [1.29, 1.82) is 0 Å². The van der Waals surface area contributed by atoms with Crippen LogP contribution in [0.3, 0.4) is 0 Å². The highest BCUT2D eigenvalue weighted by Crippen LogP contribution is 2.24. The van der Waals surface area contributed by atoms with Gasteiger partial charge in [-0.2, -0.15) is 16.9 Å². The molecule has 0 spiro atoms. The van der Waals surface area contributed by atoms with Gasteiger partial charge in [0.1, 0.15) is 0 Å². The number of nitrogens with one attached hydrogen (secondary N) is 1. The van der Waals surface area contributed by atoms with Crippen LogP contribution >= 0.6 is 11.8 Å². The molecule has 2 unspecified atom stereocenters. The molecule has 19 heavy (non-hydrogen) atoms. The molecule has 0 aliphatic heterocycles. The Morgan fingerprint density at radius 2 is 2.11 bits per heavy atom. The summed E-state index contributed by atoms with van der Waals surface area (Å²) in [7, 11) is 2.04. The topological polar surface area (TPSA) is 29.9 Å². The fourth-order valence-electron chi connectivity index (χ4n) is 1.77. The Kier molecular flexibility index (Phi) is 6.40. The average Bonchev–Trinajstić information content (AvgIpc) is 2.80. The zero-order valence-corrected chi connectivity index (χ0v) is 14.0. The van der Waals surface area contributed by atoms with Gasteiger partial charge < -0.3 is 5.32 Å². The van der Waals surface area contributed by atoms with Crippen LogP contribution in [0.1, 0.15) is 52.8 Å². The summed E-state index contributed by atoms with van der Waals surface area (Å²) in [6.07, 6.45) is 4.23. The van der Waals surface area contributed by atoms with Gasteiger partial charge in [-0.25, -0.2) is 0 Å². The monoisotopic (exact) mass is 283 g/mol. The summed E-state index contributed by atoms with van der Waals surface area (Å²) in [5.74, 6) is 1.12. The molecular weight excluding hydrogens is 254 g/mol. The third kappa shape index (κ3) is 6.00. The Balaban J connectivity index is 2.53. The second-order valence-electron chi connectivity index (χ2n) is 6.16. The first kappa shape index (κ1) is 16.6. The number of nitrogens with zero attached hydrogens (tertiary/aromatic N) is 2. The van der Waals surface area contributed by atoms with Gasteiger partial charge in [0.25, 0.3) is 0 Å². The van der Waals surface area contributed by atoms with Crippen molar-refractivity contribution in [2.24, 2.45) is 0 Å². The molecule has 0 saturated carbocycles. The average molecular weight is 283 g/mol. The minimum absolute atomic E-state index is 0.325. The minimum Gasteiger partial charge on any atom is -0.316 e. The third-order valence-electron chi connectivity index (χ3n) is 3.29. The molecule has 1 N–H and O–H groups in total. The van der Waals surface area contributed by atoms with Crippen LogP contribution < -0.4 is 5.32 Å². The van der Waals surface area contributed by atoms with Gasteiger partial charge in [-0.05, 0) is 26.5 Å². The van der Waals surface area contributed by atoms with E-state index in [4.69, 9.17) is 0 Å². The van der Waals surface area contributed by atoms with Crippen molar-refractivity contribution in [1.82, 2.24) is 15.1 Å². The van der Waals surface area contributed by atoms with Crippen LogP contribution in [0, 0.1) is 0 Å². The van der Waals surface area contributed by atoms with E-state index >= 15 is 0 Å². The Morgan fingerprint density at radius 3 is 2.63 bits per heavy atom. The quantitative estimate of drug-likeness (QED) is 0.830. The first-order valence-electron chi connectivity index (χ1n) is 7.21. The zero-order chi connectivity index (χ0) is 14.5. The Labute approximate surface area is 122 Å². The molecule has 1 heterocycles. The van der Waals surface area contributed by atoms with Crippen LogP contribution in [0.2, 0.25) is 0 Å². The van der Waals surface area contributed by atoms with Gasteiger partial charge in [-0.3, -0.25) is 4.68 Å². The van der Waals surface area contributed by atoms with E-state index in [1.54, 1.807) is 0 Å². The van der Waals surface area contributed by atoms with E-state index < -0.39 is 0 Å². The first-order chi connectivity index (χ1) is 8.85. The van der Waals surface area contributed by atoms with Crippen molar-refractivity contribution in [2.75, 3.05) is 12.8 Å². The van der Waals surface area contributed by atoms with Crippen LogP contribution in [0.25, 0.3) is 0 Å². The fraction of sp³-hybridized carbons (Fsp3) is 0.800. The predicted molar refractivity (Wildman–Crippen MR) is 86.0 cm³/mol. The highest BCUT2D eigenvalue weighted by atomic mass is 32.2. The van der Waals surface area contributed by atoms with Crippen LogP contribution in [0.15, 0.2) is 12.3 Å². The maximum atomic E-state index is 4.68. The summed E-state index contributed by atoms with van der Waals surface area (Å²) < 4.78 is 2.41. The van der Waals surface area contributed by atoms with Crippen molar-refractivity contribution in [2.45, 2.75) is 64.3 Å². The molecule has 0 bridgehead atoms. The first-order valence-corrected chi connectivity index (χ1v) is 8.19. The molecule has 1 aromatic rings. The van der Waals surface area contributed by atoms with E-state index in [2.05, 4.69) is 62.0 Å². The van der Waals surface area contributed by atoms with Crippen molar-refractivity contribution in [3.8, 4) is 0 Å². The second kappa shape index (κ2) is 7.34. The summed E-state index contributed by atoms with van der Waals surface area (Å²) in [5.41, 5.74) is 1.19. The molecule has 4 heteroatoms. The number of aromatic nitrogens is 2. The van der Waals surface area contributed by atoms with Crippen molar-refractivity contribution in [3.63, 3.8) is 0 Å². The molecule has 0 aliphatic rings. The molecule has 0 aromatic carbocycles. The van der Waals surface area contributed by atoms with E-state index in [1.165, 1.54) is 5.69 Å².